The number of ether oxygens (including phenoxy) is 3. The molecule has 0 aliphatic rings. The van der Waals surface area contributed by atoms with Gasteiger partial charge < -0.3 is 14.2 Å². The molecule has 0 rings (SSSR count). The lowest BCUT2D eigenvalue weighted by molar-refractivity contribution is -0.163. The highest BCUT2D eigenvalue weighted by atomic mass is 16.6. The summed E-state index contributed by atoms with van der Waals surface area (Å²) < 4.78 is 17.5. The Morgan fingerprint density at radius 3 is 1.11 bits per heavy atom. The van der Waals surface area contributed by atoms with Crippen molar-refractivity contribution in [1.82, 2.24) is 0 Å². The molecule has 1 atom stereocenters. The maximum atomic E-state index is 12.9. The van der Waals surface area contributed by atoms with Gasteiger partial charge in [0.15, 0.2) is 6.10 Å². The number of allylic oxidation sites excluding steroid dienone is 8. The molecule has 0 amide bonds. The number of hydrogen-bond donors (Lipinski definition) is 0. The number of hydrogen-bond acceptors (Lipinski definition) is 5. The lowest BCUT2D eigenvalue weighted by Crippen LogP contribution is -2.30. The summed E-state index contributed by atoms with van der Waals surface area (Å²) in [6.07, 6.45) is 71.4. The van der Waals surface area contributed by atoms with E-state index in [0.29, 0.717) is 19.4 Å². The maximum absolute atomic E-state index is 12.9. The summed E-state index contributed by atoms with van der Waals surface area (Å²) in [7, 11) is 0. The minimum Gasteiger partial charge on any atom is -0.462 e. The molecule has 386 valence electrons. The standard InChI is InChI=1S/C61H112O5/c1-4-7-10-13-16-19-22-25-28-30-31-33-34-36-39-42-45-48-51-54-60(62)65-58-59(57-64-56-53-50-47-44-41-38-27-24-21-18-15-12-9-6-3)66-61(63)55-52-49-46-43-40-37-35-32-29-26-23-20-17-14-11-8-5-2/h9,12,18,21,25,27-28,38,59H,4-8,10-11,13-17,19-20,22-24,26,29-37,39-58H2,1-3H3/b12-9-,21-18-,28-25-,38-27-. The van der Waals surface area contributed by atoms with E-state index in [1.165, 1.54) is 205 Å². The Morgan fingerprint density at radius 2 is 0.682 bits per heavy atom. The average Bonchev–Trinajstić information content (AvgIpc) is 3.32. The highest BCUT2D eigenvalue weighted by Crippen LogP contribution is 2.16. The van der Waals surface area contributed by atoms with Gasteiger partial charge in [-0.1, -0.05) is 262 Å². The second-order valence-electron chi connectivity index (χ2n) is 19.5. The number of carbonyl (C=O) groups is 2. The molecular weight excluding hydrogens is 813 g/mol. The molecular formula is C61H112O5. The maximum Gasteiger partial charge on any atom is 0.306 e. The van der Waals surface area contributed by atoms with Gasteiger partial charge in [0.05, 0.1) is 6.61 Å². The number of carbonyl (C=O) groups excluding carboxylic acids is 2. The Hall–Kier alpha value is -2.14. The van der Waals surface area contributed by atoms with Crippen LogP contribution in [0.15, 0.2) is 48.6 Å². The van der Waals surface area contributed by atoms with Crippen LogP contribution in [0.2, 0.25) is 0 Å². The van der Waals surface area contributed by atoms with Gasteiger partial charge in [0.25, 0.3) is 0 Å². The SMILES string of the molecule is CC/C=C\C/C=C\C/C=C\CCCCCCOCC(COC(=O)CCCCCCCCCCC/C=C\CCCCCCCC)OC(=O)CCCCCCCCCCCCCCCCCCC. The molecule has 5 nitrogen and oxygen atoms in total. The minimum absolute atomic E-state index is 0.0789. The third-order valence-electron chi connectivity index (χ3n) is 12.8. The van der Waals surface area contributed by atoms with Crippen LogP contribution in [0.5, 0.6) is 0 Å². The zero-order chi connectivity index (χ0) is 47.7. The first-order valence-electron chi connectivity index (χ1n) is 29.2. The molecule has 0 aromatic rings. The van der Waals surface area contributed by atoms with Crippen molar-refractivity contribution in [3.63, 3.8) is 0 Å². The van der Waals surface area contributed by atoms with Crippen molar-refractivity contribution < 1.29 is 23.8 Å². The van der Waals surface area contributed by atoms with Crippen LogP contribution < -0.4 is 0 Å². The van der Waals surface area contributed by atoms with Crippen molar-refractivity contribution in [1.29, 1.82) is 0 Å². The van der Waals surface area contributed by atoms with E-state index in [1.54, 1.807) is 0 Å². The average molecular weight is 926 g/mol. The van der Waals surface area contributed by atoms with Gasteiger partial charge in [-0.3, -0.25) is 9.59 Å². The fraction of sp³-hybridized carbons (Fsp3) is 0.836. The Labute approximate surface area is 412 Å². The number of esters is 2. The molecule has 1 unspecified atom stereocenters. The van der Waals surface area contributed by atoms with Crippen LogP contribution in [0, 0.1) is 0 Å². The van der Waals surface area contributed by atoms with E-state index in [1.807, 2.05) is 0 Å². The molecule has 0 N–H and O–H groups in total. The molecule has 0 aliphatic carbocycles. The minimum atomic E-state index is -0.546. The van der Waals surface area contributed by atoms with Gasteiger partial charge in [0.2, 0.25) is 0 Å². The van der Waals surface area contributed by atoms with Gasteiger partial charge >= 0.3 is 11.9 Å². The van der Waals surface area contributed by atoms with Crippen molar-refractivity contribution in [3.05, 3.63) is 48.6 Å². The molecule has 0 aromatic heterocycles. The van der Waals surface area contributed by atoms with Crippen LogP contribution in [0.4, 0.5) is 0 Å². The first kappa shape index (κ1) is 63.9. The normalized spacial score (nSPS) is 12.5. The van der Waals surface area contributed by atoms with Crippen molar-refractivity contribution in [2.45, 2.75) is 309 Å². The van der Waals surface area contributed by atoms with Gasteiger partial charge in [0.1, 0.15) is 6.61 Å². The summed E-state index contributed by atoms with van der Waals surface area (Å²) in [6, 6.07) is 0. The topological polar surface area (TPSA) is 61.8 Å². The van der Waals surface area contributed by atoms with Crippen molar-refractivity contribution in [3.8, 4) is 0 Å². The first-order valence-corrected chi connectivity index (χ1v) is 29.2. The van der Waals surface area contributed by atoms with Crippen LogP contribution in [-0.4, -0.2) is 37.9 Å². The van der Waals surface area contributed by atoms with Gasteiger partial charge in [-0.2, -0.15) is 0 Å². The van der Waals surface area contributed by atoms with Crippen LogP contribution in [0.1, 0.15) is 303 Å². The van der Waals surface area contributed by atoms with Gasteiger partial charge in [-0.05, 0) is 77.0 Å². The van der Waals surface area contributed by atoms with E-state index in [4.69, 9.17) is 14.2 Å². The second-order valence-corrected chi connectivity index (χ2v) is 19.5. The molecule has 66 heavy (non-hydrogen) atoms. The number of unbranched alkanes of at least 4 members (excludes halogenated alkanes) is 35. The summed E-state index contributed by atoms with van der Waals surface area (Å²) >= 11 is 0. The van der Waals surface area contributed by atoms with Crippen LogP contribution in [-0.2, 0) is 23.8 Å². The Balaban J connectivity index is 4.24. The molecule has 0 bridgehead atoms. The van der Waals surface area contributed by atoms with Crippen molar-refractivity contribution in [2.24, 2.45) is 0 Å². The van der Waals surface area contributed by atoms with Crippen LogP contribution in [0.3, 0.4) is 0 Å². The summed E-state index contributed by atoms with van der Waals surface area (Å²) in [5.74, 6) is -0.396. The summed E-state index contributed by atoms with van der Waals surface area (Å²) in [6.45, 7) is 7.72. The Bertz CT molecular complexity index is 1090. The predicted octanol–water partition coefficient (Wildman–Crippen LogP) is 19.9. The lowest BCUT2D eigenvalue weighted by atomic mass is 10.0. The fourth-order valence-electron chi connectivity index (χ4n) is 8.52. The third-order valence-corrected chi connectivity index (χ3v) is 12.8. The summed E-state index contributed by atoms with van der Waals surface area (Å²) in [5, 5.41) is 0. The molecule has 0 radical (unpaired) electrons. The zero-order valence-electron chi connectivity index (χ0n) is 44.5. The molecule has 0 heterocycles. The van der Waals surface area contributed by atoms with Crippen molar-refractivity contribution >= 4 is 11.9 Å². The highest BCUT2D eigenvalue weighted by Gasteiger charge is 2.17. The zero-order valence-corrected chi connectivity index (χ0v) is 44.5. The van der Waals surface area contributed by atoms with E-state index in [-0.39, 0.29) is 25.2 Å². The Morgan fingerprint density at radius 1 is 0.348 bits per heavy atom. The molecule has 0 saturated carbocycles. The molecule has 0 aromatic carbocycles. The molecule has 0 aliphatic heterocycles. The largest absolute Gasteiger partial charge is 0.462 e. The van der Waals surface area contributed by atoms with Crippen LogP contribution in [0.25, 0.3) is 0 Å². The lowest BCUT2D eigenvalue weighted by Gasteiger charge is -2.18. The van der Waals surface area contributed by atoms with Crippen LogP contribution >= 0.6 is 0 Å². The van der Waals surface area contributed by atoms with Gasteiger partial charge in [-0.15, -0.1) is 0 Å². The summed E-state index contributed by atoms with van der Waals surface area (Å²) in [4.78, 5) is 25.5. The van der Waals surface area contributed by atoms with E-state index >= 15 is 0 Å². The Kier molecular flexibility index (Phi) is 55.3. The highest BCUT2D eigenvalue weighted by molar-refractivity contribution is 5.70. The molecule has 0 saturated heterocycles. The van der Waals surface area contributed by atoms with E-state index in [9.17, 15) is 9.59 Å². The third kappa shape index (κ3) is 54.5. The monoisotopic (exact) mass is 925 g/mol. The second kappa shape index (κ2) is 57.2. The number of rotatable bonds is 54. The smallest absolute Gasteiger partial charge is 0.306 e. The summed E-state index contributed by atoms with van der Waals surface area (Å²) in [5.41, 5.74) is 0. The van der Waals surface area contributed by atoms with Crippen molar-refractivity contribution in [2.75, 3.05) is 19.8 Å². The van der Waals surface area contributed by atoms with E-state index in [2.05, 4.69) is 69.4 Å². The fourth-order valence-corrected chi connectivity index (χ4v) is 8.52. The first-order chi connectivity index (χ1) is 32.6. The molecule has 0 fully saturated rings. The van der Waals surface area contributed by atoms with Gasteiger partial charge in [0, 0.05) is 19.4 Å². The molecule has 5 heteroatoms. The quantitative estimate of drug-likeness (QED) is 0.0345. The van der Waals surface area contributed by atoms with E-state index < -0.39 is 6.10 Å². The van der Waals surface area contributed by atoms with E-state index in [0.717, 1.165) is 64.2 Å². The predicted molar refractivity (Wildman–Crippen MR) is 288 cm³/mol. The molecule has 0 spiro atoms. The van der Waals surface area contributed by atoms with Gasteiger partial charge in [-0.25, -0.2) is 0 Å².